The van der Waals surface area contributed by atoms with Crippen molar-refractivity contribution < 1.29 is 4.79 Å². The summed E-state index contributed by atoms with van der Waals surface area (Å²) in [5, 5.41) is 12.1. The minimum atomic E-state index is -0.338. The van der Waals surface area contributed by atoms with E-state index in [1.54, 1.807) is 12.3 Å². The number of amides is 1. The first kappa shape index (κ1) is 16.8. The molecule has 4 aromatic rings. The molecule has 2 aromatic carbocycles. The van der Waals surface area contributed by atoms with Crippen LogP contribution < -0.4 is 5.43 Å². The third kappa shape index (κ3) is 3.50. The second kappa shape index (κ2) is 7.29. The average Bonchev–Trinajstić information content (AvgIpc) is 3.36. The zero-order chi connectivity index (χ0) is 18.6. The second-order valence-corrected chi connectivity index (χ2v) is 6.21. The number of aromatic amines is 2. The molecule has 27 heavy (non-hydrogen) atoms. The van der Waals surface area contributed by atoms with E-state index in [-0.39, 0.29) is 5.91 Å². The van der Waals surface area contributed by atoms with Crippen molar-refractivity contribution in [1.29, 1.82) is 0 Å². The molecule has 134 valence electrons. The number of benzene rings is 2. The van der Waals surface area contributed by atoms with Crippen molar-refractivity contribution in [3.63, 3.8) is 0 Å². The lowest BCUT2D eigenvalue weighted by molar-refractivity contribution is 0.0950. The van der Waals surface area contributed by atoms with Crippen molar-refractivity contribution in [2.75, 3.05) is 0 Å². The molecule has 0 aliphatic heterocycles. The molecule has 0 atom stereocenters. The first-order chi connectivity index (χ1) is 13.2. The number of carbonyl (C=O) groups is 1. The number of hydrogen-bond acceptors (Lipinski definition) is 3. The molecule has 2 heterocycles. The Bertz CT molecular complexity index is 1110. The molecule has 0 fully saturated rings. The summed E-state index contributed by atoms with van der Waals surface area (Å²) < 4.78 is 0. The number of nitrogens with one attached hydrogen (secondary N) is 3. The van der Waals surface area contributed by atoms with E-state index in [0.29, 0.717) is 5.69 Å². The highest BCUT2D eigenvalue weighted by Gasteiger charge is 2.10. The van der Waals surface area contributed by atoms with Gasteiger partial charge in [-0.2, -0.15) is 10.2 Å². The van der Waals surface area contributed by atoms with E-state index in [4.69, 9.17) is 0 Å². The van der Waals surface area contributed by atoms with E-state index in [9.17, 15) is 4.79 Å². The summed E-state index contributed by atoms with van der Waals surface area (Å²) >= 11 is 0. The van der Waals surface area contributed by atoms with Crippen molar-refractivity contribution in [3.05, 3.63) is 77.6 Å². The molecule has 0 aliphatic carbocycles. The summed E-state index contributed by atoms with van der Waals surface area (Å²) in [6, 6.07) is 17.8. The molecular formula is C21H19N5O. The molecule has 2 aromatic heterocycles. The third-order valence-electron chi connectivity index (χ3n) is 4.47. The van der Waals surface area contributed by atoms with Crippen LogP contribution >= 0.6 is 0 Å². The lowest BCUT2D eigenvalue weighted by Gasteiger charge is -1.98. The number of hydrogen-bond donors (Lipinski definition) is 3. The zero-order valence-corrected chi connectivity index (χ0v) is 14.9. The Hall–Kier alpha value is -3.67. The van der Waals surface area contributed by atoms with E-state index in [1.807, 2.05) is 42.6 Å². The fourth-order valence-electron chi connectivity index (χ4n) is 2.92. The summed E-state index contributed by atoms with van der Waals surface area (Å²) in [6.45, 7) is 2.11. The summed E-state index contributed by atoms with van der Waals surface area (Å²) in [4.78, 5) is 15.4. The maximum Gasteiger partial charge on any atom is 0.289 e. The number of rotatable bonds is 5. The Balaban J connectivity index is 1.45. The van der Waals surface area contributed by atoms with E-state index in [1.165, 1.54) is 5.56 Å². The van der Waals surface area contributed by atoms with Crippen molar-refractivity contribution in [2.45, 2.75) is 13.3 Å². The van der Waals surface area contributed by atoms with Gasteiger partial charge >= 0.3 is 0 Å². The fourth-order valence-corrected chi connectivity index (χ4v) is 2.92. The maximum atomic E-state index is 12.3. The van der Waals surface area contributed by atoms with Crippen molar-refractivity contribution in [3.8, 4) is 11.3 Å². The highest BCUT2D eigenvalue weighted by molar-refractivity contribution is 6.00. The van der Waals surface area contributed by atoms with Crippen LogP contribution in [0, 0.1) is 0 Å². The van der Waals surface area contributed by atoms with Gasteiger partial charge in [-0.15, -0.1) is 0 Å². The number of para-hydroxylation sites is 1. The molecule has 6 nitrogen and oxygen atoms in total. The lowest BCUT2D eigenvalue weighted by atomic mass is 10.1. The number of H-pyrrole nitrogens is 2. The molecule has 1 amide bonds. The normalized spacial score (nSPS) is 11.3. The molecule has 0 radical (unpaired) electrons. The number of aryl methyl sites for hydroxylation is 1. The predicted octanol–water partition coefficient (Wildman–Crippen LogP) is 3.88. The van der Waals surface area contributed by atoms with Crippen LogP contribution in [0.5, 0.6) is 0 Å². The van der Waals surface area contributed by atoms with E-state index < -0.39 is 0 Å². The first-order valence-electron chi connectivity index (χ1n) is 8.79. The largest absolute Gasteiger partial charge is 0.361 e. The fraction of sp³-hybridized carbons (Fsp3) is 0.0952. The Morgan fingerprint density at radius 3 is 2.81 bits per heavy atom. The van der Waals surface area contributed by atoms with E-state index >= 15 is 0 Å². The van der Waals surface area contributed by atoms with Crippen LogP contribution in [0.4, 0.5) is 0 Å². The molecule has 0 saturated carbocycles. The number of hydrazone groups is 1. The quantitative estimate of drug-likeness (QED) is 0.374. The van der Waals surface area contributed by atoms with Gasteiger partial charge in [0.1, 0.15) is 5.69 Å². The SMILES string of the molecule is CCc1ccc(-c2cc(C(=O)N/N=C/c3c[nH]c4ccccc34)[nH]n2)cc1. The highest BCUT2D eigenvalue weighted by atomic mass is 16.2. The van der Waals surface area contributed by atoms with Crippen LogP contribution in [-0.4, -0.2) is 27.3 Å². The predicted molar refractivity (Wildman–Crippen MR) is 107 cm³/mol. The van der Waals surface area contributed by atoms with Gasteiger partial charge in [-0.25, -0.2) is 5.43 Å². The smallest absolute Gasteiger partial charge is 0.289 e. The minimum Gasteiger partial charge on any atom is -0.361 e. The molecule has 6 heteroatoms. The van der Waals surface area contributed by atoms with Gasteiger partial charge < -0.3 is 4.98 Å². The second-order valence-electron chi connectivity index (χ2n) is 6.21. The van der Waals surface area contributed by atoms with Crippen LogP contribution in [0.3, 0.4) is 0 Å². The number of aromatic nitrogens is 3. The summed E-state index contributed by atoms with van der Waals surface area (Å²) in [7, 11) is 0. The summed E-state index contributed by atoms with van der Waals surface area (Å²) in [5.41, 5.74) is 7.78. The van der Waals surface area contributed by atoms with Gasteiger partial charge in [0.2, 0.25) is 0 Å². The van der Waals surface area contributed by atoms with Crippen molar-refractivity contribution in [2.24, 2.45) is 5.10 Å². The van der Waals surface area contributed by atoms with Gasteiger partial charge in [-0.05, 0) is 24.1 Å². The molecule has 0 spiro atoms. The molecule has 0 unspecified atom stereocenters. The van der Waals surface area contributed by atoms with Crippen LogP contribution in [0.1, 0.15) is 28.5 Å². The minimum absolute atomic E-state index is 0.338. The highest BCUT2D eigenvalue weighted by Crippen LogP contribution is 2.19. The van der Waals surface area contributed by atoms with Gasteiger partial charge in [0.15, 0.2) is 0 Å². The van der Waals surface area contributed by atoms with Crippen LogP contribution in [-0.2, 0) is 6.42 Å². The lowest BCUT2D eigenvalue weighted by Crippen LogP contribution is -2.17. The Morgan fingerprint density at radius 2 is 2.00 bits per heavy atom. The number of fused-ring (bicyclic) bond motifs is 1. The first-order valence-corrected chi connectivity index (χ1v) is 8.79. The molecule has 4 rings (SSSR count). The van der Waals surface area contributed by atoms with Crippen molar-refractivity contribution >= 4 is 23.0 Å². The monoisotopic (exact) mass is 357 g/mol. The van der Waals surface area contributed by atoms with Crippen LogP contribution in [0.25, 0.3) is 22.2 Å². The van der Waals surface area contributed by atoms with E-state index in [0.717, 1.165) is 34.1 Å². The Kier molecular flexibility index (Phi) is 4.53. The van der Waals surface area contributed by atoms with Gasteiger partial charge in [0.05, 0.1) is 11.9 Å². The molecule has 0 aliphatic rings. The topological polar surface area (TPSA) is 85.9 Å². The Labute approximate surface area is 156 Å². The van der Waals surface area contributed by atoms with Gasteiger partial charge in [-0.1, -0.05) is 49.4 Å². The summed E-state index contributed by atoms with van der Waals surface area (Å²) in [6.07, 6.45) is 4.47. The van der Waals surface area contributed by atoms with E-state index in [2.05, 4.69) is 44.8 Å². The van der Waals surface area contributed by atoms with Gasteiger partial charge in [0.25, 0.3) is 5.91 Å². The maximum absolute atomic E-state index is 12.3. The zero-order valence-electron chi connectivity index (χ0n) is 14.9. The number of carbonyl (C=O) groups excluding carboxylic acids is 1. The van der Waals surface area contributed by atoms with Gasteiger partial charge in [0, 0.05) is 28.2 Å². The van der Waals surface area contributed by atoms with Gasteiger partial charge in [-0.3, -0.25) is 9.89 Å². The molecule has 3 N–H and O–H groups in total. The average molecular weight is 357 g/mol. The molecular weight excluding hydrogens is 338 g/mol. The molecule has 0 saturated heterocycles. The third-order valence-corrected chi connectivity index (χ3v) is 4.47. The summed E-state index contributed by atoms with van der Waals surface area (Å²) in [5.74, 6) is -0.338. The van der Waals surface area contributed by atoms with Crippen LogP contribution in [0.15, 0.2) is 65.9 Å². The standard InChI is InChI=1S/C21H19N5O/c1-2-14-7-9-15(10-8-14)19-11-20(25-24-19)21(27)26-23-13-16-12-22-18-6-4-3-5-17(16)18/h3-13,22H,2H2,1H3,(H,24,25)(H,26,27)/b23-13+. The number of nitrogens with zero attached hydrogens (tertiary/aromatic N) is 2. The molecule has 0 bridgehead atoms. The van der Waals surface area contributed by atoms with Crippen molar-refractivity contribution in [1.82, 2.24) is 20.6 Å². The van der Waals surface area contributed by atoms with Crippen LogP contribution in [0.2, 0.25) is 0 Å². The Morgan fingerprint density at radius 1 is 1.19 bits per heavy atom.